The van der Waals surface area contributed by atoms with E-state index in [-0.39, 0.29) is 5.41 Å². The Morgan fingerprint density at radius 3 is 2.81 bits per heavy atom. The van der Waals surface area contributed by atoms with Crippen LogP contribution in [0.25, 0.3) is 0 Å². The van der Waals surface area contributed by atoms with Crippen molar-refractivity contribution < 1.29 is 9.84 Å². The molecule has 4 atom stereocenters. The summed E-state index contributed by atoms with van der Waals surface area (Å²) in [7, 11) is 0. The van der Waals surface area contributed by atoms with Gasteiger partial charge in [-0.3, -0.25) is 0 Å². The van der Waals surface area contributed by atoms with Gasteiger partial charge in [-0.25, -0.2) is 0 Å². The van der Waals surface area contributed by atoms with Gasteiger partial charge in [0.25, 0.3) is 0 Å². The monoisotopic (exact) mass is 309 g/mol. The second-order valence-electron chi connectivity index (χ2n) is 6.87. The van der Waals surface area contributed by atoms with Gasteiger partial charge in [0.1, 0.15) is 0 Å². The van der Waals surface area contributed by atoms with E-state index in [2.05, 4.69) is 19.2 Å². The lowest BCUT2D eigenvalue weighted by molar-refractivity contribution is -0.193. The topological polar surface area (TPSA) is 41.5 Å². The van der Waals surface area contributed by atoms with Gasteiger partial charge in [-0.05, 0) is 30.5 Å². The summed E-state index contributed by atoms with van der Waals surface area (Å²) in [5.74, 6) is 0.589. The van der Waals surface area contributed by atoms with Gasteiger partial charge in [0.2, 0.25) is 0 Å². The third-order valence-electron chi connectivity index (χ3n) is 5.12. The van der Waals surface area contributed by atoms with Gasteiger partial charge >= 0.3 is 0 Å². The van der Waals surface area contributed by atoms with Gasteiger partial charge in [0, 0.05) is 35.5 Å². The first-order chi connectivity index (χ1) is 10.00. The van der Waals surface area contributed by atoms with Gasteiger partial charge in [-0.1, -0.05) is 37.6 Å². The molecule has 0 aromatic heterocycles. The minimum atomic E-state index is -0.498. The summed E-state index contributed by atoms with van der Waals surface area (Å²) in [5.41, 5.74) is 1.05. The van der Waals surface area contributed by atoms with Crippen molar-refractivity contribution in [3.05, 3.63) is 34.9 Å². The molecule has 1 aromatic rings. The molecule has 0 bridgehead atoms. The lowest BCUT2D eigenvalue weighted by atomic mass is 9.55. The number of benzene rings is 1. The highest BCUT2D eigenvalue weighted by Gasteiger charge is 2.57. The Morgan fingerprint density at radius 2 is 2.10 bits per heavy atom. The smallest absolute Gasteiger partial charge is 0.0914 e. The fraction of sp³-hybridized carbons (Fsp3) is 0.647. The minimum absolute atomic E-state index is 0.144. The maximum absolute atomic E-state index is 10.3. The summed E-state index contributed by atoms with van der Waals surface area (Å²) >= 11 is 5.88. The van der Waals surface area contributed by atoms with E-state index in [0.717, 1.165) is 18.6 Å². The van der Waals surface area contributed by atoms with Crippen LogP contribution in [0, 0.1) is 11.3 Å². The highest BCUT2D eigenvalue weighted by atomic mass is 35.5. The average molecular weight is 310 g/mol. The quantitative estimate of drug-likeness (QED) is 0.897. The highest BCUT2D eigenvalue weighted by molar-refractivity contribution is 6.30. The molecule has 1 saturated heterocycles. The maximum atomic E-state index is 10.3. The molecule has 1 aromatic carbocycles. The molecule has 1 saturated carbocycles. The summed E-state index contributed by atoms with van der Waals surface area (Å²) < 4.78 is 5.91. The van der Waals surface area contributed by atoms with Crippen LogP contribution in [0.1, 0.15) is 38.4 Å². The first kappa shape index (κ1) is 15.3. The Hall–Kier alpha value is -0.610. The standard InChI is InChI=1S/C17H24ClNO2/c1-17(2)15(13-4-3-9-21-16(13)17)19-10-14(20)11-5-7-12(18)8-6-11/h5-8,13-16,19-20H,3-4,9-10H2,1-2H3. The summed E-state index contributed by atoms with van der Waals surface area (Å²) in [4.78, 5) is 0. The summed E-state index contributed by atoms with van der Waals surface area (Å²) in [6.07, 6.45) is 2.25. The molecule has 1 aliphatic heterocycles. The first-order valence-corrected chi connectivity index (χ1v) is 8.16. The molecule has 2 fully saturated rings. The van der Waals surface area contributed by atoms with Crippen molar-refractivity contribution in [3.63, 3.8) is 0 Å². The number of aliphatic hydroxyl groups excluding tert-OH is 1. The third kappa shape index (κ3) is 2.85. The average Bonchev–Trinajstić information content (AvgIpc) is 2.48. The number of fused-ring (bicyclic) bond motifs is 1. The van der Waals surface area contributed by atoms with E-state index in [1.54, 1.807) is 0 Å². The lowest BCUT2D eigenvalue weighted by Gasteiger charge is -2.60. The summed E-state index contributed by atoms with van der Waals surface area (Å²) in [5, 5.41) is 14.6. The van der Waals surface area contributed by atoms with Crippen LogP contribution in [-0.2, 0) is 4.74 Å². The first-order valence-electron chi connectivity index (χ1n) is 7.78. The Kier molecular flexibility index (Phi) is 4.28. The van der Waals surface area contributed by atoms with E-state index in [4.69, 9.17) is 16.3 Å². The number of halogens is 1. The molecular weight excluding hydrogens is 286 g/mol. The van der Waals surface area contributed by atoms with Crippen molar-refractivity contribution in [2.45, 2.75) is 44.9 Å². The Balaban J connectivity index is 1.58. The molecule has 0 spiro atoms. The fourth-order valence-electron chi connectivity index (χ4n) is 3.98. The van der Waals surface area contributed by atoms with Gasteiger partial charge in [0.15, 0.2) is 0 Å². The maximum Gasteiger partial charge on any atom is 0.0914 e. The van der Waals surface area contributed by atoms with Crippen molar-refractivity contribution in [2.75, 3.05) is 13.2 Å². The number of nitrogens with one attached hydrogen (secondary N) is 1. The number of hydrogen-bond donors (Lipinski definition) is 2. The van der Waals surface area contributed by atoms with E-state index >= 15 is 0 Å². The minimum Gasteiger partial charge on any atom is -0.387 e. The zero-order valence-corrected chi connectivity index (χ0v) is 13.4. The molecule has 1 heterocycles. The lowest BCUT2D eigenvalue weighted by Crippen LogP contribution is -2.69. The van der Waals surface area contributed by atoms with E-state index in [9.17, 15) is 5.11 Å². The number of aliphatic hydroxyl groups is 1. The third-order valence-corrected chi connectivity index (χ3v) is 5.37. The largest absolute Gasteiger partial charge is 0.387 e. The van der Waals surface area contributed by atoms with Crippen molar-refractivity contribution in [2.24, 2.45) is 11.3 Å². The van der Waals surface area contributed by atoms with Crippen molar-refractivity contribution in [3.8, 4) is 0 Å². The van der Waals surface area contributed by atoms with Crippen LogP contribution in [0.2, 0.25) is 5.02 Å². The summed E-state index contributed by atoms with van der Waals surface area (Å²) in [6, 6.07) is 7.82. The van der Waals surface area contributed by atoms with Crippen LogP contribution in [-0.4, -0.2) is 30.4 Å². The molecule has 1 aliphatic carbocycles. The second kappa shape index (κ2) is 5.88. The van der Waals surface area contributed by atoms with Gasteiger partial charge in [-0.15, -0.1) is 0 Å². The van der Waals surface area contributed by atoms with Crippen molar-refractivity contribution in [1.82, 2.24) is 5.32 Å². The highest BCUT2D eigenvalue weighted by Crippen LogP contribution is 2.51. The van der Waals surface area contributed by atoms with Gasteiger partial charge < -0.3 is 15.2 Å². The summed E-state index contributed by atoms with van der Waals surface area (Å²) in [6.45, 7) is 5.97. The molecule has 21 heavy (non-hydrogen) atoms. The SMILES string of the molecule is CC1(C)C(NCC(O)c2ccc(Cl)cc2)C2CCCOC21. The van der Waals surface area contributed by atoms with E-state index in [1.165, 1.54) is 6.42 Å². The normalized spacial score (nSPS) is 32.1. The molecule has 116 valence electrons. The van der Waals surface area contributed by atoms with Crippen LogP contribution in [0.3, 0.4) is 0 Å². The Bertz CT molecular complexity index is 488. The van der Waals surface area contributed by atoms with E-state index in [0.29, 0.717) is 29.6 Å². The molecular formula is C17H24ClNO2. The van der Waals surface area contributed by atoms with E-state index < -0.39 is 6.10 Å². The van der Waals surface area contributed by atoms with Crippen LogP contribution < -0.4 is 5.32 Å². The molecule has 0 radical (unpaired) electrons. The Morgan fingerprint density at radius 1 is 1.38 bits per heavy atom. The fourth-order valence-corrected chi connectivity index (χ4v) is 4.10. The van der Waals surface area contributed by atoms with Crippen LogP contribution in [0.15, 0.2) is 24.3 Å². The molecule has 2 N–H and O–H groups in total. The number of ether oxygens (including phenoxy) is 1. The molecule has 3 rings (SSSR count). The zero-order valence-electron chi connectivity index (χ0n) is 12.7. The molecule has 4 unspecified atom stereocenters. The molecule has 4 heteroatoms. The zero-order chi connectivity index (χ0) is 15.0. The van der Waals surface area contributed by atoms with Gasteiger partial charge in [-0.2, -0.15) is 0 Å². The second-order valence-corrected chi connectivity index (χ2v) is 7.31. The number of rotatable bonds is 4. The van der Waals surface area contributed by atoms with Crippen LogP contribution in [0.4, 0.5) is 0 Å². The molecule has 0 amide bonds. The van der Waals surface area contributed by atoms with Gasteiger partial charge in [0.05, 0.1) is 12.2 Å². The van der Waals surface area contributed by atoms with Crippen LogP contribution in [0.5, 0.6) is 0 Å². The predicted molar refractivity (Wildman–Crippen MR) is 84.4 cm³/mol. The predicted octanol–water partition coefficient (Wildman–Crippen LogP) is 3.17. The van der Waals surface area contributed by atoms with Crippen molar-refractivity contribution in [1.29, 1.82) is 0 Å². The van der Waals surface area contributed by atoms with Crippen LogP contribution >= 0.6 is 11.6 Å². The van der Waals surface area contributed by atoms with Crippen molar-refractivity contribution >= 4 is 11.6 Å². The van der Waals surface area contributed by atoms with E-state index in [1.807, 2.05) is 24.3 Å². The molecule has 2 aliphatic rings. The molecule has 3 nitrogen and oxygen atoms in total. The Labute approximate surface area is 131 Å². The number of hydrogen-bond acceptors (Lipinski definition) is 3.